The predicted molar refractivity (Wildman–Crippen MR) is 79.3 cm³/mol. The Bertz CT molecular complexity index is 423. The van der Waals surface area contributed by atoms with Crippen LogP contribution < -0.4 is 5.32 Å². The third-order valence-electron chi connectivity index (χ3n) is 4.65. The number of amides is 1. The van der Waals surface area contributed by atoms with Gasteiger partial charge in [0, 0.05) is 11.6 Å². The molecule has 0 saturated heterocycles. The molecule has 0 bridgehead atoms. The third-order valence-corrected chi connectivity index (χ3v) is 4.65. The van der Waals surface area contributed by atoms with Gasteiger partial charge in [0.2, 0.25) is 0 Å². The van der Waals surface area contributed by atoms with E-state index in [1.54, 1.807) is 0 Å². The first kappa shape index (κ1) is 14.1. The summed E-state index contributed by atoms with van der Waals surface area (Å²) in [5.74, 6) is 1.36. The zero-order valence-electron chi connectivity index (χ0n) is 12.3. The normalized spacial score (nSPS) is 27.0. The Balaban J connectivity index is 1.99. The van der Waals surface area contributed by atoms with Crippen molar-refractivity contribution in [2.24, 2.45) is 11.8 Å². The van der Waals surface area contributed by atoms with E-state index in [4.69, 9.17) is 0 Å². The largest absolute Gasteiger partial charge is 0.349 e. The second-order valence-electron chi connectivity index (χ2n) is 5.90. The van der Waals surface area contributed by atoms with Crippen molar-refractivity contribution in [1.82, 2.24) is 5.32 Å². The number of carbonyl (C=O) groups excluding carboxylic acids is 1. The molecule has 1 aliphatic rings. The third kappa shape index (κ3) is 3.37. The van der Waals surface area contributed by atoms with Crippen LogP contribution >= 0.6 is 0 Å². The number of carbonyl (C=O) groups is 1. The predicted octanol–water partition coefficient (Wildman–Crippen LogP) is 3.80. The van der Waals surface area contributed by atoms with E-state index in [9.17, 15) is 4.79 Å². The zero-order valence-corrected chi connectivity index (χ0v) is 12.3. The minimum atomic E-state index is 0.0774. The van der Waals surface area contributed by atoms with Gasteiger partial charge in [-0.05, 0) is 42.4 Å². The molecule has 104 valence electrons. The van der Waals surface area contributed by atoms with Gasteiger partial charge in [0.05, 0.1) is 0 Å². The summed E-state index contributed by atoms with van der Waals surface area (Å²) in [5.41, 5.74) is 2.05. The van der Waals surface area contributed by atoms with Crippen LogP contribution in [-0.4, -0.2) is 11.9 Å². The van der Waals surface area contributed by atoms with Crippen LogP contribution in [0, 0.1) is 11.8 Å². The molecule has 0 aliphatic heterocycles. The highest BCUT2D eigenvalue weighted by atomic mass is 16.1. The van der Waals surface area contributed by atoms with Crippen LogP contribution in [0.5, 0.6) is 0 Å². The number of aryl methyl sites for hydroxylation is 1. The maximum Gasteiger partial charge on any atom is 0.251 e. The highest BCUT2D eigenvalue weighted by molar-refractivity contribution is 5.94. The highest BCUT2D eigenvalue weighted by Gasteiger charge is 2.28. The molecule has 2 nitrogen and oxygen atoms in total. The zero-order chi connectivity index (χ0) is 13.8. The molecule has 1 aromatic carbocycles. The van der Waals surface area contributed by atoms with Gasteiger partial charge in [-0.2, -0.15) is 0 Å². The Morgan fingerprint density at radius 1 is 1.21 bits per heavy atom. The van der Waals surface area contributed by atoms with Gasteiger partial charge < -0.3 is 5.32 Å². The molecule has 0 radical (unpaired) electrons. The molecule has 1 aromatic rings. The quantitative estimate of drug-likeness (QED) is 0.879. The Labute approximate surface area is 116 Å². The Morgan fingerprint density at radius 3 is 2.53 bits per heavy atom. The van der Waals surface area contributed by atoms with Crippen LogP contribution in [0.2, 0.25) is 0 Å². The number of nitrogens with one attached hydrogen (secondary N) is 1. The molecule has 3 atom stereocenters. The van der Waals surface area contributed by atoms with Crippen LogP contribution in [0.4, 0.5) is 0 Å². The van der Waals surface area contributed by atoms with E-state index in [2.05, 4.69) is 26.1 Å². The van der Waals surface area contributed by atoms with Crippen molar-refractivity contribution in [3.8, 4) is 0 Å². The first-order valence-corrected chi connectivity index (χ1v) is 7.51. The molecule has 19 heavy (non-hydrogen) atoms. The lowest BCUT2D eigenvalue weighted by Gasteiger charge is -2.34. The lowest BCUT2D eigenvalue weighted by molar-refractivity contribution is 0.0891. The summed E-state index contributed by atoms with van der Waals surface area (Å²) in [6.07, 6.45) is 4.65. The molecule has 1 fully saturated rings. The van der Waals surface area contributed by atoms with Gasteiger partial charge >= 0.3 is 0 Å². The molecule has 0 heterocycles. The first-order chi connectivity index (χ1) is 9.11. The summed E-state index contributed by atoms with van der Waals surface area (Å²) in [4.78, 5) is 12.3. The summed E-state index contributed by atoms with van der Waals surface area (Å²) >= 11 is 0. The van der Waals surface area contributed by atoms with E-state index in [1.807, 2.05) is 24.3 Å². The molecular weight excluding hydrogens is 234 g/mol. The summed E-state index contributed by atoms with van der Waals surface area (Å²) in [6.45, 7) is 6.67. The average molecular weight is 259 g/mol. The van der Waals surface area contributed by atoms with Crippen molar-refractivity contribution in [2.75, 3.05) is 0 Å². The average Bonchev–Trinajstić information content (AvgIpc) is 2.44. The molecule has 1 aliphatic carbocycles. The van der Waals surface area contributed by atoms with E-state index >= 15 is 0 Å². The van der Waals surface area contributed by atoms with Gasteiger partial charge in [0.25, 0.3) is 5.91 Å². The van der Waals surface area contributed by atoms with Crippen molar-refractivity contribution >= 4 is 5.91 Å². The maximum atomic E-state index is 12.3. The molecule has 2 heteroatoms. The number of hydrogen-bond acceptors (Lipinski definition) is 1. The summed E-state index contributed by atoms with van der Waals surface area (Å²) in [5, 5.41) is 3.21. The van der Waals surface area contributed by atoms with Crippen LogP contribution in [0.3, 0.4) is 0 Å². The van der Waals surface area contributed by atoms with Gasteiger partial charge in [0.1, 0.15) is 0 Å². The van der Waals surface area contributed by atoms with E-state index in [0.29, 0.717) is 17.9 Å². The van der Waals surface area contributed by atoms with Crippen molar-refractivity contribution < 1.29 is 4.79 Å². The monoisotopic (exact) mass is 259 g/mol. The molecule has 0 spiro atoms. The summed E-state index contributed by atoms with van der Waals surface area (Å²) < 4.78 is 0. The van der Waals surface area contributed by atoms with E-state index < -0.39 is 0 Å². The maximum absolute atomic E-state index is 12.3. The van der Waals surface area contributed by atoms with Crippen molar-refractivity contribution in [1.29, 1.82) is 0 Å². The Kier molecular flexibility index (Phi) is 4.62. The fourth-order valence-electron chi connectivity index (χ4n) is 2.93. The minimum Gasteiger partial charge on any atom is -0.349 e. The SMILES string of the molecule is CCc1ccc(C(=O)N[C@H]2CCC[C@@H](C)[C@@H]2C)cc1. The van der Waals surface area contributed by atoms with Gasteiger partial charge in [-0.1, -0.05) is 45.7 Å². The van der Waals surface area contributed by atoms with Gasteiger partial charge in [-0.15, -0.1) is 0 Å². The van der Waals surface area contributed by atoms with Crippen LogP contribution in [0.15, 0.2) is 24.3 Å². The van der Waals surface area contributed by atoms with E-state index in [0.717, 1.165) is 18.4 Å². The standard InChI is InChI=1S/C17H25NO/c1-4-14-8-10-15(11-9-14)17(19)18-16-7-5-6-12(2)13(16)3/h8-13,16H,4-7H2,1-3H3,(H,18,19)/t12-,13+,16+/m1/s1. The van der Waals surface area contributed by atoms with Gasteiger partial charge in [-0.25, -0.2) is 0 Å². The van der Waals surface area contributed by atoms with Crippen molar-refractivity contribution in [2.45, 2.75) is 52.5 Å². The molecule has 0 aromatic heterocycles. The molecule has 2 rings (SSSR count). The Hall–Kier alpha value is -1.31. The smallest absolute Gasteiger partial charge is 0.251 e. The summed E-state index contributed by atoms with van der Waals surface area (Å²) in [6, 6.07) is 8.29. The second kappa shape index (κ2) is 6.23. The van der Waals surface area contributed by atoms with Gasteiger partial charge in [0.15, 0.2) is 0 Å². The van der Waals surface area contributed by atoms with E-state index in [-0.39, 0.29) is 5.91 Å². The first-order valence-electron chi connectivity index (χ1n) is 7.51. The lowest BCUT2D eigenvalue weighted by Crippen LogP contribution is -2.43. The molecule has 0 unspecified atom stereocenters. The highest BCUT2D eigenvalue weighted by Crippen LogP contribution is 2.29. The molecule has 1 N–H and O–H groups in total. The van der Waals surface area contributed by atoms with Crippen molar-refractivity contribution in [3.63, 3.8) is 0 Å². The number of benzene rings is 1. The fraction of sp³-hybridized carbons (Fsp3) is 0.588. The molecule has 1 amide bonds. The second-order valence-corrected chi connectivity index (χ2v) is 5.90. The van der Waals surface area contributed by atoms with Crippen LogP contribution in [0.1, 0.15) is 56.0 Å². The molecule has 1 saturated carbocycles. The van der Waals surface area contributed by atoms with E-state index in [1.165, 1.54) is 18.4 Å². The van der Waals surface area contributed by atoms with Gasteiger partial charge in [-0.3, -0.25) is 4.79 Å². The minimum absolute atomic E-state index is 0.0774. The van der Waals surface area contributed by atoms with Crippen LogP contribution in [-0.2, 0) is 6.42 Å². The number of rotatable bonds is 3. The topological polar surface area (TPSA) is 29.1 Å². The summed E-state index contributed by atoms with van der Waals surface area (Å²) in [7, 11) is 0. The Morgan fingerprint density at radius 2 is 1.89 bits per heavy atom. The van der Waals surface area contributed by atoms with Crippen LogP contribution in [0.25, 0.3) is 0 Å². The fourth-order valence-corrected chi connectivity index (χ4v) is 2.93. The molecular formula is C17H25NO. The lowest BCUT2D eigenvalue weighted by atomic mass is 9.78. The number of hydrogen-bond donors (Lipinski definition) is 1. The van der Waals surface area contributed by atoms with Crippen molar-refractivity contribution in [3.05, 3.63) is 35.4 Å².